The van der Waals surface area contributed by atoms with Crippen molar-refractivity contribution >= 4 is 17.5 Å². The lowest BCUT2D eigenvalue weighted by atomic mass is 9.66. The van der Waals surface area contributed by atoms with E-state index in [4.69, 9.17) is 14.5 Å². The monoisotopic (exact) mass is 417 g/mol. The summed E-state index contributed by atoms with van der Waals surface area (Å²) in [5.41, 5.74) is 3.86. The maximum absolute atomic E-state index is 13.5. The number of carbonyl (C=O) groups excluding carboxylic acids is 2. The number of ether oxygens (including phenoxy) is 2. The van der Waals surface area contributed by atoms with Crippen LogP contribution in [0, 0.1) is 5.92 Å². The van der Waals surface area contributed by atoms with Crippen LogP contribution in [-0.2, 0) is 14.3 Å². The van der Waals surface area contributed by atoms with Gasteiger partial charge in [0.25, 0.3) is 0 Å². The van der Waals surface area contributed by atoms with Gasteiger partial charge in [0.1, 0.15) is 11.5 Å². The van der Waals surface area contributed by atoms with Gasteiger partial charge in [-0.2, -0.15) is 0 Å². The maximum atomic E-state index is 13.5. The van der Waals surface area contributed by atoms with Gasteiger partial charge in [0.2, 0.25) is 0 Å². The first-order chi connectivity index (χ1) is 15.0. The van der Waals surface area contributed by atoms with E-state index in [1.165, 1.54) is 7.11 Å². The van der Waals surface area contributed by atoms with E-state index in [1.807, 2.05) is 56.3 Å². The van der Waals surface area contributed by atoms with Crippen molar-refractivity contribution in [2.45, 2.75) is 38.5 Å². The topological polar surface area (TPSA) is 65.0 Å². The highest BCUT2D eigenvalue weighted by atomic mass is 16.5. The van der Waals surface area contributed by atoms with Gasteiger partial charge in [-0.1, -0.05) is 48.5 Å². The average Bonchev–Trinajstić information content (AvgIpc) is 2.79. The molecule has 0 amide bonds. The van der Waals surface area contributed by atoms with E-state index in [1.54, 1.807) is 0 Å². The predicted molar refractivity (Wildman–Crippen MR) is 119 cm³/mol. The normalized spacial score (nSPS) is 23.1. The zero-order chi connectivity index (χ0) is 22.0. The van der Waals surface area contributed by atoms with Crippen LogP contribution in [0.3, 0.4) is 0 Å². The van der Waals surface area contributed by atoms with Crippen molar-refractivity contribution in [3.63, 3.8) is 0 Å². The van der Waals surface area contributed by atoms with E-state index in [2.05, 4.69) is 12.1 Å². The Bertz CT molecular complexity index is 1050. The highest BCUT2D eigenvalue weighted by molar-refractivity contribution is 6.12. The average molecular weight is 418 g/mol. The molecule has 1 aliphatic heterocycles. The Kier molecular flexibility index (Phi) is 6.03. The van der Waals surface area contributed by atoms with Gasteiger partial charge >= 0.3 is 5.97 Å². The van der Waals surface area contributed by atoms with Crippen molar-refractivity contribution in [3.8, 4) is 5.75 Å². The van der Waals surface area contributed by atoms with E-state index < -0.39 is 17.8 Å². The third-order valence-electron chi connectivity index (χ3n) is 6.18. The molecule has 1 heterocycles. The number of allylic oxidation sites excluding steroid dienone is 1. The van der Waals surface area contributed by atoms with Gasteiger partial charge in [-0.05, 0) is 37.8 Å². The number of rotatable bonds is 5. The fourth-order valence-corrected chi connectivity index (χ4v) is 4.87. The van der Waals surface area contributed by atoms with E-state index >= 15 is 0 Å². The van der Waals surface area contributed by atoms with Crippen LogP contribution in [-0.4, -0.2) is 31.2 Å². The molecular formula is C26H27NO4. The number of hydrogen-bond acceptors (Lipinski definition) is 5. The number of fused-ring (bicyclic) bond motifs is 1. The van der Waals surface area contributed by atoms with Gasteiger partial charge in [-0.15, -0.1) is 0 Å². The minimum absolute atomic E-state index is 0.0963. The van der Waals surface area contributed by atoms with Crippen LogP contribution in [0.15, 0.2) is 70.9 Å². The Hall–Kier alpha value is -3.21. The molecule has 2 aliphatic rings. The molecule has 0 N–H and O–H groups in total. The third-order valence-corrected chi connectivity index (χ3v) is 6.18. The first-order valence-corrected chi connectivity index (χ1v) is 10.7. The molecule has 2 aromatic carbocycles. The van der Waals surface area contributed by atoms with Crippen molar-refractivity contribution in [2.24, 2.45) is 10.9 Å². The molecule has 2 aromatic rings. The minimum atomic E-state index is -0.487. The summed E-state index contributed by atoms with van der Waals surface area (Å²) in [6.07, 6.45) is 1.12. The summed E-state index contributed by atoms with van der Waals surface area (Å²) >= 11 is 0. The number of benzene rings is 2. The zero-order valence-corrected chi connectivity index (χ0v) is 18.1. The van der Waals surface area contributed by atoms with Crippen LogP contribution < -0.4 is 4.74 Å². The Balaban J connectivity index is 1.83. The lowest BCUT2D eigenvalue weighted by Gasteiger charge is -2.38. The first kappa shape index (κ1) is 21.0. The molecular weight excluding hydrogens is 390 g/mol. The van der Waals surface area contributed by atoms with Crippen molar-refractivity contribution in [1.82, 2.24) is 0 Å². The number of aliphatic imine (C=N–C) groups is 1. The summed E-state index contributed by atoms with van der Waals surface area (Å²) in [6, 6.07) is 17.7. The van der Waals surface area contributed by atoms with E-state index in [0.717, 1.165) is 16.8 Å². The van der Waals surface area contributed by atoms with E-state index in [0.29, 0.717) is 36.5 Å². The number of nitrogens with zero attached hydrogens (tertiary/aromatic N) is 1. The quantitative estimate of drug-likeness (QED) is 0.654. The van der Waals surface area contributed by atoms with Crippen LogP contribution in [0.4, 0.5) is 0 Å². The number of methoxy groups -OCH3 is 1. The van der Waals surface area contributed by atoms with Gasteiger partial charge in [0, 0.05) is 29.3 Å². The Morgan fingerprint density at radius 3 is 2.45 bits per heavy atom. The van der Waals surface area contributed by atoms with Crippen molar-refractivity contribution in [3.05, 3.63) is 77.0 Å². The molecule has 160 valence electrons. The number of hydrogen-bond donors (Lipinski definition) is 0. The molecule has 1 unspecified atom stereocenters. The Labute approximate surface area is 182 Å². The number of carbonyl (C=O) groups is 2. The standard InChI is InChI=1S/C26H27NO4/c1-4-31-22-13-9-8-12-19(22)24-23(26(29)30-3)16(2)27-20-14-18(15-21(28)25(20)24)17-10-6-5-7-11-17/h5-13,18,24-25H,4,14-15H2,1-3H3/t18-,24+,25?/m0/s1. The second-order valence-electron chi connectivity index (χ2n) is 8.00. The van der Waals surface area contributed by atoms with Crippen molar-refractivity contribution < 1.29 is 19.1 Å². The van der Waals surface area contributed by atoms with Crippen LogP contribution in [0.2, 0.25) is 0 Å². The minimum Gasteiger partial charge on any atom is -0.494 e. The summed E-state index contributed by atoms with van der Waals surface area (Å²) in [5, 5.41) is 0. The van der Waals surface area contributed by atoms with Crippen LogP contribution >= 0.6 is 0 Å². The molecule has 1 saturated carbocycles. The number of esters is 1. The fraction of sp³-hybridized carbons (Fsp3) is 0.346. The summed E-state index contributed by atoms with van der Waals surface area (Å²) < 4.78 is 11.0. The Morgan fingerprint density at radius 2 is 1.74 bits per heavy atom. The summed E-state index contributed by atoms with van der Waals surface area (Å²) in [5.74, 6) is -0.521. The molecule has 0 saturated heterocycles. The molecule has 4 rings (SSSR count). The van der Waals surface area contributed by atoms with Gasteiger partial charge < -0.3 is 9.47 Å². The predicted octanol–water partition coefficient (Wildman–Crippen LogP) is 4.83. The van der Waals surface area contributed by atoms with Gasteiger partial charge in [0.15, 0.2) is 0 Å². The number of ketones is 1. The molecule has 31 heavy (non-hydrogen) atoms. The highest BCUT2D eigenvalue weighted by Gasteiger charge is 2.46. The summed E-state index contributed by atoms with van der Waals surface area (Å²) in [7, 11) is 1.36. The molecule has 0 spiro atoms. The summed E-state index contributed by atoms with van der Waals surface area (Å²) in [6.45, 7) is 4.24. The van der Waals surface area contributed by atoms with E-state index in [-0.39, 0.29) is 11.7 Å². The molecule has 0 aromatic heterocycles. The fourth-order valence-electron chi connectivity index (χ4n) is 4.87. The second kappa shape index (κ2) is 8.88. The van der Waals surface area contributed by atoms with Crippen molar-refractivity contribution in [1.29, 1.82) is 0 Å². The Morgan fingerprint density at radius 1 is 1.03 bits per heavy atom. The molecule has 1 aliphatic carbocycles. The second-order valence-corrected chi connectivity index (χ2v) is 8.00. The van der Waals surface area contributed by atoms with Crippen LogP contribution in [0.25, 0.3) is 0 Å². The summed E-state index contributed by atoms with van der Waals surface area (Å²) in [4.78, 5) is 31.1. The molecule has 0 bridgehead atoms. The van der Waals surface area contributed by atoms with Crippen LogP contribution in [0.1, 0.15) is 49.7 Å². The van der Waals surface area contributed by atoms with E-state index in [9.17, 15) is 9.59 Å². The maximum Gasteiger partial charge on any atom is 0.336 e. The zero-order valence-electron chi connectivity index (χ0n) is 18.1. The molecule has 5 nitrogen and oxygen atoms in total. The number of para-hydroxylation sites is 1. The largest absolute Gasteiger partial charge is 0.494 e. The molecule has 0 radical (unpaired) electrons. The van der Waals surface area contributed by atoms with Gasteiger partial charge in [0.05, 0.1) is 25.2 Å². The highest BCUT2D eigenvalue weighted by Crippen LogP contribution is 2.47. The smallest absolute Gasteiger partial charge is 0.336 e. The SMILES string of the molecule is CCOc1ccccc1[C@@H]1C(C(=O)OC)=C(C)N=C2C[C@H](c3ccccc3)CC(=O)C21. The first-order valence-electron chi connectivity index (χ1n) is 10.7. The third kappa shape index (κ3) is 3.92. The molecule has 5 heteroatoms. The lowest BCUT2D eigenvalue weighted by molar-refractivity contribution is -0.136. The molecule has 3 atom stereocenters. The van der Waals surface area contributed by atoms with Crippen molar-refractivity contribution in [2.75, 3.05) is 13.7 Å². The van der Waals surface area contributed by atoms with Gasteiger partial charge in [-0.25, -0.2) is 4.79 Å². The lowest BCUT2D eigenvalue weighted by Crippen LogP contribution is -2.41. The van der Waals surface area contributed by atoms with Crippen LogP contribution in [0.5, 0.6) is 5.75 Å². The number of Topliss-reactive ketones (excluding diaryl/α,β-unsaturated/α-hetero) is 1. The molecule has 1 fully saturated rings. The van der Waals surface area contributed by atoms with Gasteiger partial charge in [-0.3, -0.25) is 9.79 Å².